The van der Waals surface area contributed by atoms with E-state index in [1.165, 1.54) is 118 Å². The minimum absolute atomic E-state index is 0.0307. The van der Waals surface area contributed by atoms with Crippen LogP contribution in [-0.2, 0) is 5.41 Å². The van der Waals surface area contributed by atoms with E-state index in [0.29, 0.717) is 5.75 Å². The molecule has 1 heteroatoms. The van der Waals surface area contributed by atoms with E-state index in [-0.39, 0.29) is 5.41 Å². The third kappa shape index (κ3) is 5.04. The Morgan fingerprint density at radius 3 is 1.76 bits per heavy atom. The molecule has 3 aromatic carbocycles. The zero-order valence-corrected chi connectivity index (χ0v) is 21.5. The maximum absolute atomic E-state index is 11.1. The first kappa shape index (κ1) is 24.8. The highest BCUT2D eigenvalue weighted by atomic mass is 16.3. The summed E-state index contributed by atoms with van der Waals surface area (Å²) in [6, 6.07) is 19.7. The Kier molecular flexibility index (Phi) is 8.70. The molecule has 1 N–H and O–H groups in total. The van der Waals surface area contributed by atoms with E-state index in [4.69, 9.17) is 0 Å². The molecule has 0 saturated carbocycles. The van der Waals surface area contributed by atoms with E-state index in [9.17, 15) is 5.11 Å². The van der Waals surface area contributed by atoms with Crippen LogP contribution in [0.2, 0.25) is 0 Å². The van der Waals surface area contributed by atoms with Gasteiger partial charge in [-0.3, -0.25) is 0 Å². The van der Waals surface area contributed by atoms with E-state index in [1.807, 2.05) is 6.07 Å². The third-order valence-corrected chi connectivity index (χ3v) is 8.16. The molecule has 0 heterocycles. The van der Waals surface area contributed by atoms with Gasteiger partial charge in [0.2, 0.25) is 0 Å². The lowest BCUT2D eigenvalue weighted by Gasteiger charge is -2.33. The Bertz CT molecular complexity index is 1050. The fourth-order valence-electron chi connectivity index (χ4n) is 6.37. The Morgan fingerprint density at radius 1 is 0.588 bits per heavy atom. The normalized spacial score (nSPS) is 13.8. The average Bonchev–Trinajstić information content (AvgIpc) is 3.13. The molecule has 0 unspecified atom stereocenters. The van der Waals surface area contributed by atoms with Gasteiger partial charge in [-0.05, 0) is 46.5 Å². The van der Waals surface area contributed by atoms with Gasteiger partial charge in [-0.1, -0.05) is 139 Å². The highest BCUT2D eigenvalue weighted by molar-refractivity contribution is 6.05. The number of fused-ring (bicyclic) bond motifs is 5. The average molecular weight is 457 g/mol. The van der Waals surface area contributed by atoms with Crippen LogP contribution in [0, 0.1) is 0 Å². The number of hydrogen-bond acceptors (Lipinski definition) is 1. The van der Waals surface area contributed by atoms with Crippen molar-refractivity contribution in [2.45, 2.75) is 109 Å². The number of benzene rings is 3. The minimum atomic E-state index is 0.0307. The van der Waals surface area contributed by atoms with E-state index >= 15 is 0 Å². The number of unbranched alkanes of at least 4 members (excludes halogenated alkanes) is 10. The molecule has 0 atom stereocenters. The highest BCUT2D eigenvalue weighted by Gasteiger charge is 2.43. The summed E-state index contributed by atoms with van der Waals surface area (Å²) >= 11 is 0. The summed E-state index contributed by atoms with van der Waals surface area (Å²) in [6.07, 6.45) is 18.3. The maximum atomic E-state index is 11.1. The molecule has 0 fully saturated rings. The van der Waals surface area contributed by atoms with E-state index in [1.54, 1.807) is 0 Å². The molecule has 1 nitrogen and oxygen atoms in total. The number of hydrogen-bond donors (Lipinski definition) is 1. The van der Waals surface area contributed by atoms with E-state index in [2.05, 4.69) is 62.4 Å². The lowest BCUT2D eigenvalue weighted by Crippen LogP contribution is -2.25. The van der Waals surface area contributed by atoms with Crippen molar-refractivity contribution in [3.05, 3.63) is 65.7 Å². The molecule has 0 aliphatic heterocycles. The molecule has 0 bridgehead atoms. The second-order valence-electron chi connectivity index (χ2n) is 10.5. The van der Waals surface area contributed by atoms with Gasteiger partial charge in [0.1, 0.15) is 5.75 Å². The van der Waals surface area contributed by atoms with Crippen molar-refractivity contribution in [1.29, 1.82) is 0 Å². The summed E-state index contributed by atoms with van der Waals surface area (Å²) in [4.78, 5) is 0. The summed E-state index contributed by atoms with van der Waals surface area (Å²) < 4.78 is 0. The van der Waals surface area contributed by atoms with Crippen molar-refractivity contribution in [3.63, 3.8) is 0 Å². The SMILES string of the molecule is CCCCCCCCC1(CCCCCCCC)c2ccccc2-c2c1cc(O)c1ccccc21. The van der Waals surface area contributed by atoms with Gasteiger partial charge in [0, 0.05) is 10.8 Å². The molecule has 1 aliphatic carbocycles. The summed E-state index contributed by atoms with van der Waals surface area (Å²) in [5.74, 6) is 0.442. The number of rotatable bonds is 14. The molecule has 0 aromatic heterocycles. The summed E-state index contributed by atoms with van der Waals surface area (Å²) in [5.41, 5.74) is 5.68. The summed E-state index contributed by atoms with van der Waals surface area (Å²) in [6.45, 7) is 4.58. The lowest BCUT2D eigenvalue weighted by molar-refractivity contribution is 0.395. The summed E-state index contributed by atoms with van der Waals surface area (Å²) in [7, 11) is 0. The van der Waals surface area contributed by atoms with Crippen LogP contribution in [0.3, 0.4) is 0 Å². The molecule has 34 heavy (non-hydrogen) atoms. The Labute approximate surface area is 207 Å². The summed E-state index contributed by atoms with van der Waals surface area (Å²) in [5, 5.41) is 13.3. The fraction of sp³-hybridized carbons (Fsp3) is 0.515. The van der Waals surface area contributed by atoms with Crippen LogP contribution in [0.5, 0.6) is 5.75 Å². The lowest BCUT2D eigenvalue weighted by atomic mass is 9.70. The van der Waals surface area contributed by atoms with Gasteiger partial charge >= 0.3 is 0 Å². The predicted octanol–water partition coefficient (Wildman–Crippen LogP) is 10.3. The first-order valence-electron chi connectivity index (χ1n) is 14.1. The zero-order valence-electron chi connectivity index (χ0n) is 21.5. The van der Waals surface area contributed by atoms with Crippen molar-refractivity contribution in [3.8, 4) is 16.9 Å². The Balaban J connectivity index is 1.69. The second-order valence-corrected chi connectivity index (χ2v) is 10.5. The fourth-order valence-corrected chi connectivity index (χ4v) is 6.37. The van der Waals surface area contributed by atoms with Crippen LogP contribution in [-0.4, -0.2) is 5.11 Å². The minimum Gasteiger partial charge on any atom is -0.507 e. The maximum Gasteiger partial charge on any atom is 0.123 e. The number of aromatic hydroxyl groups is 1. The molecule has 3 aromatic rings. The first-order valence-corrected chi connectivity index (χ1v) is 14.1. The zero-order chi connectivity index (χ0) is 23.8. The van der Waals surface area contributed by atoms with Gasteiger partial charge in [0.15, 0.2) is 0 Å². The predicted molar refractivity (Wildman–Crippen MR) is 148 cm³/mol. The highest BCUT2D eigenvalue weighted by Crippen LogP contribution is 2.57. The van der Waals surface area contributed by atoms with Crippen molar-refractivity contribution < 1.29 is 5.11 Å². The van der Waals surface area contributed by atoms with Crippen molar-refractivity contribution in [2.75, 3.05) is 0 Å². The Morgan fingerprint density at radius 2 is 1.12 bits per heavy atom. The van der Waals surface area contributed by atoms with Gasteiger partial charge in [0.25, 0.3) is 0 Å². The molecule has 4 rings (SSSR count). The molecule has 182 valence electrons. The van der Waals surface area contributed by atoms with Crippen molar-refractivity contribution >= 4 is 10.8 Å². The second kappa shape index (κ2) is 11.9. The third-order valence-electron chi connectivity index (χ3n) is 8.16. The molecular formula is C33H44O. The van der Waals surface area contributed by atoms with Crippen molar-refractivity contribution in [2.24, 2.45) is 0 Å². The van der Waals surface area contributed by atoms with E-state index in [0.717, 1.165) is 5.39 Å². The molecule has 0 saturated heterocycles. The van der Waals surface area contributed by atoms with E-state index < -0.39 is 0 Å². The van der Waals surface area contributed by atoms with Gasteiger partial charge < -0.3 is 5.11 Å². The quantitative estimate of drug-likeness (QED) is 0.239. The molecular weight excluding hydrogens is 412 g/mol. The topological polar surface area (TPSA) is 20.2 Å². The first-order chi connectivity index (χ1) is 16.7. The van der Waals surface area contributed by atoms with Crippen LogP contribution in [0.25, 0.3) is 21.9 Å². The largest absolute Gasteiger partial charge is 0.507 e. The van der Waals surface area contributed by atoms with Crippen LogP contribution >= 0.6 is 0 Å². The number of phenols is 1. The van der Waals surface area contributed by atoms with Crippen LogP contribution < -0.4 is 0 Å². The van der Waals surface area contributed by atoms with Crippen LogP contribution in [0.15, 0.2) is 54.6 Å². The van der Waals surface area contributed by atoms with Gasteiger partial charge in [-0.15, -0.1) is 0 Å². The standard InChI is InChI=1S/C33H44O/c1-3-5-7-9-11-17-23-33(24-18-12-10-8-6-4-2)29-22-16-15-21-28(29)32-27-20-14-13-19-26(27)31(34)25-30(32)33/h13-16,19-22,25,34H,3-12,17-18,23-24H2,1-2H3. The van der Waals surface area contributed by atoms with Gasteiger partial charge in [-0.25, -0.2) is 0 Å². The molecule has 1 aliphatic rings. The monoisotopic (exact) mass is 456 g/mol. The molecule has 0 radical (unpaired) electrons. The molecule has 0 spiro atoms. The van der Waals surface area contributed by atoms with Gasteiger partial charge in [-0.2, -0.15) is 0 Å². The van der Waals surface area contributed by atoms with Gasteiger partial charge in [0.05, 0.1) is 0 Å². The van der Waals surface area contributed by atoms with Crippen LogP contribution in [0.4, 0.5) is 0 Å². The number of phenolic OH excluding ortho intramolecular Hbond substituents is 1. The molecule has 0 amide bonds. The van der Waals surface area contributed by atoms with Crippen molar-refractivity contribution in [1.82, 2.24) is 0 Å². The smallest absolute Gasteiger partial charge is 0.123 e. The Hall–Kier alpha value is -2.28. The van der Waals surface area contributed by atoms with Crippen LogP contribution in [0.1, 0.15) is 115 Å².